The van der Waals surface area contributed by atoms with Gasteiger partial charge < -0.3 is 5.32 Å². The van der Waals surface area contributed by atoms with Gasteiger partial charge in [-0.2, -0.15) is 0 Å². The molecule has 0 unspecified atom stereocenters. The molecule has 1 rings (SSSR count). The van der Waals surface area contributed by atoms with Crippen molar-refractivity contribution in [3.8, 4) is 0 Å². The van der Waals surface area contributed by atoms with Crippen LogP contribution in [0.4, 0.5) is 0 Å². The molecular weight excluding hydrogens is 210 g/mol. The molecule has 0 saturated carbocycles. The lowest BCUT2D eigenvalue weighted by atomic mass is 9.86. The van der Waals surface area contributed by atoms with Gasteiger partial charge in [-0.15, -0.1) is 0 Å². The molecule has 2 heteroatoms. The van der Waals surface area contributed by atoms with E-state index in [2.05, 4.69) is 12.2 Å². The van der Waals surface area contributed by atoms with Crippen molar-refractivity contribution in [1.29, 1.82) is 0 Å². The van der Waals surface area contributed by atoms with Crippen LogP contribution < -0.4 is 5.32 Å². The van der Waals surface area contributed by atoms with Crippen molar-refractivity contribution in [3.63, 3.8) is 0 Å². The van der Waals surface area contributed by atoms with Crippen molar-refractivity contribution in [2.75, 3.05) is 6.54 Å². The standard InChI is InChI=1S/C15H23NO/c1-5-10-16-11-12-6-8-13(9-7-12)14(17)15(2,3)4/h6-9,16H,5,10-11H2,1-4H3. The number of hydrogen-bond acceptors (Lipinski definition) is 2. The summed E-state index contributed by atoms with van der Waals surface area (Å²) in [5.41, 5.74) is 1.72. The number of hydrogen-bond donors (Lipinski definition) is 1. The zero-order valence-electron chi connectivity index (χ0n) is 11.3. The molecule has 0 aliphatic rings. The molecule has 1 aromatic rings. The Labute approximate surface area is 104 Å². The first-order valence-corrected chi connectivity index (χ1v) is 6.29. The first kappa shape index (κ1) is 13.9. The van der Waals surface area contributed by atoms with E-state index in [1.807, 2.05) is 45.0 Å². The molecule has 0 heterocycles. The summed E-state index contributed by atoms with van der Waals surface area (Å²) in [6.45, 7) is 9.91. The number of Topliss-reactive ketones (excluding diaryl/α,β-unsaturated/α-hetero) is 1. The van der Waals surface area contributed by atoms with E-state index in [0.717, 1.165) is 25.1 Å². The summed E-state index contributed by atoms with van der Waals surface area (Å²) in [4.78, 5) is 12.0. The molecule has 0 aromatic heterocycles. The van der Waals surface area contributed by atoms with E-state index >= 15 is 0 Å². The van der Waals surface area contributed by atoms with Crippen molar-refractivity contribution in [2.24, 2.45) is 5.41 Å². The zero-order chi connectivity index (χ0) is 12.9. The second kappa shape index (κ2) is 5.97. The normalized spacial score (nSPS) is 11.5. The minimum absolute atomic E-state index is 0.200. The highest BCUT2D eigenvalue weighted by molar-refractivity contribution is 5.99. The lowest BCUT2D eigenvalue weighted by molar-refractivity contribution is 0.0858. The van der Waals surface area contributed by atoms with Crippen molar-refractivity contribution >= 4 is 5.78 Å². The summed E-state index contributed by atoms with van der Waals surface area (Å²) in [7, 11) is 0. The molecule has 2 nitrogen and oxygen atoms in total. The Bertz CT molecular complexity index is 360. The zero-order valence-corrected chi connectivity index (χ0v) is 11.3. The first-order chi connectivity index (χ1) is 7.95. The molecular formula is C15H23NO. The molecule has 0 amide bonds. The third-order valence-electron chi connectivity index (χ3n) is 2.65. The largest absolute Gasteiger partial charge is 0.313 e. The molecule has 0 aliphatic carbocycles. The molecule has 94 valence electrons. The summed E-state index contributed by atoms with van der Waals surface area (Å²) in [5, 5.41) is 3.35. The molecule has 0 atom stereocenters. The molecule has 17 heavy (non-hydrogen) atoms. The maximum absolute atomic E-state index is 12.0. The molecule has 1 N–H and O–H groups in total. The summed E-state index contributed by atoms with van der Waals surface area (Å²) < 4.78 is 0. The number of benzene rings is 1. The van der Waals surface area contributed by atoms with Crippen LogP contribution in [0.5, 0.6) is 0 Å². The van der Waals surface area contributed by atoms with E-state index in [1.54, 1.807) is 0 Å². The number of ketones is 1. The topological polar surface area (TPSA) is 29.1 Å². The highest BCUT2D eigenvalue weighted by Gasteiger charge is 2.22. The Morgan fingerprint density at radius 2 is 1.76 bits per heavy atom. The first-order valence-electron chi connectivity index (χ1n) is 6.29. The lowest BCUT2D eigenvalue weighted by Crippen LogP contribution is -2.20. The fourth-order valence-electron chi connectivity index (χ4n) is 1.62. The van der Waals surface area contributed by atoms with Gasteiger partial charge in [0, 0.05) is 17.5 Å². The summed E-state index contributed by atoms with van der Waals surface area (Å²) in [6, 6.07) is 7.91. The van der Waals surface area contributed by atoms with Gasteiger partial charge in [0.15, 0.2) is 5.78 Å². The Balaban J connectivity index is 2.65. The van der Waals surface area contributed by atoms with E-state index in [4.69, 9.17) is 0 Å². The molecule has 0 bridgehead atoms. The van der Waals surface area contributed by atoms with E-state index < -0.39 is 0 Å². The number of carbonyl (C=O) groups excluding carboxylic acids is 1. The van der Waals surface area contributed by atoms with Gasteiger partial charge in [0.1, 0.15) is 0 Å². The van der Waals surface area contributed by atoms with Gasteiger partial charge in [-0.3, -0.25) is 4.79 Å². The Hall–Kier alpha value is -1.15. The average molecular weight is 233 g/mol. The third kappa shape index (κ3) is 4.31. The van der Waals surface area contributed by atoms with Crippen LogP contribution in [0.2, 0.25) is 0 Å². The van der Waals surface area contributed by atoms with Crippen molar-refractivity contribution in [2.45, 2.75) is 40.7 Å². The molecule has 0 aliphatic heterocycles. The fourth-order valence-corrected chi connectivity index (χ4v) is 1.62. The quantitative estimate of drug-likeness (QED) is 0.623. The van der Waals surface area contributed by atoms with E-state index in [-0.39, 0.29) is 11.2 Å². The maximum Gasteiger partial charge on any atom is 0.168 e. The minimum atomic E-state index is -0.304. The average Bonchev–Trinajstić information content (AvgIpc) is 2.28. The Kier molecular flexibility index (Phi) is 4.88. The van der Waals surface area contributed by atoms with Gasteiger partial charge in [-0.05, 0) is 18.5 Å². The van der Waals surface area contributed by atoms with Crippen LogP contribution in [-0.2, 0) is 6.54 Å². The van der Waals surface area contributed by atoms with Crippen LogP contribution in [0, 0.1) is 5.41 Å². The molecule has 0 spiro atoms. The van der Waals surface area contributed by atoms with Gasteiger partial charge >= 0.3 is 0 Å². The van der Waals surface area contributed by atoms with E-state index in [9.17, 15) is 4.79 Å². The van der Waals surface area contributed by atoms with Gasteiger partial charge in [-0.25, -0.2) is 0 Å². The van der Waals surface area contributed by atoms with Gasteiger partial charge in [0.25, 0.3) is 0 Å². The predicted octanol–water partition coefficient (Wildman–Crippen LogP) is 3.42. The molecule has 0 fully saturated rings. The summed E-state index contributed by atoms with van der Waals surface area (Å²) in [6.07, 6.45) is 1.14. The predicted molar refractivity (Wildman–Crippen MR) is 72.2 cm³/mol. The second-order valence-corrected chi connectivity index (χ2v) is 5.45. The second-order valence-electron chi connectivity index (χ2n) is 5.45. The van der Waals surface area contributed by atoms with Gasteiger partial charge in [0.05, 0.1) is 0 Å². The van der Waals surface area contributed by atoms with Crippen LogP contribution in [0.15, 0.2) is 24.3 Å². The molecule has 0 saturated heterocycles. The number of carbonyl (C=O) groups is 1. The van der Waals surface area contributed by atoms with Crippen LogP contribution in [-0.4, -0.2) is 12.3 Å². The van der Waals surface area contributed by atoms with Crippen molar-refractivity contribution < 1.29 is 4.79 Å². The van der Waals surface area contributed by atoms with E-state index in [1.165, 1.54) is 5.56 Å². The highest BCUT2D eigenvalue weighted by atomic mass is 16.1. The van der Waals surface area contributed by atoms with Gasteiger partial charge in [0.2, 0.25) is 0 Å². The summed E-state index contributed by atoms with van der Waals surface area (Å²) in [5.74, 6) is 0.200. The fraction of sp³-hybridized carbons (Fsp3) is 0.533. The van der Waals surface area contributed by atoms with Crippen LogP contribution in [0.3, 0.4) is 0 Å². The maximum atomic E-state index is 12.0. The lowest BCUT2D eigenvalue weighted by Gasteiger charge is -2.16. The van der Waals surface area contributed by atoms with Crippen LogP contribution in [0.1, 0.15) is 50.0 Å². The monoisotopic (exact) mass is 233 g/mol. The SMILES string of the molecule is CCCNCc1ccc(C(=O)C(C)(C)C)cc1. The molecule has 0 radical (unpaired) electrons. The van der Waals surface area contributed by atoms with Gasteiger partial charge in [-0.1, -0.05) is 52.0 Å². The minimum Gasteiger partial charge on any atom is -0.313 e. The smallest absolute Gasteiger partial charge is 0.168 e. The highest BCUT2D eigenvalue weighted by Crippen LogP contribution is 2.20. The summed E-state index contributed by atoms with van der Waals surface area (Å²) >= 11 is 0. The van der Waals surface area contributed by atoms with Crippen LogP contribution >= 0.6 is 0 Å². The molecule has 1 aromatic carbocycles. The third-order valence-corrected chi connectivity index (χ3v) is 2.65. The number of nitrogens with one attached hydrogen (secondary N) is 1. The number of rotatable bonds is 5. The Morgan fingerprint density at radius 3 is 2.24 bits per heavy atom. The van der Waals surface area contributed by atoms with Crippen molar-refractivity contribution in [3.05, 3.63) is 35.4 Å². The van der Waals surface area contributed by atoms with Crippen LogP contribution in [0.25, 0.3) is 0 Å². The van der Waals surface area contributed by atoms with Crippen molar-refractivity contribution in [1.82, 2.24) is 5.32 Å². The Morgan fingerprint density at radius 1 is 1.18 bits per heavy atom. The van der Waals surface area contributed by atoms with E-state index in [0.29, 0.717) is 0 Å².